The Balaban J connectivity index is 1.56. The molecule has 2 aromatic carbocycles. The second-order valence-electron chi connectivity index (χ2n) is 7.85. The molecule has 3 N–H and O–H groups in total. The third-order valence-corrected chi connectivity index (χ3v) is 5.41. The zero-order chi connectivity index (χ0) is 23.2. The highest BCUT2D eigenvalue weighted by atomic mass is 19.1. The molecule has 0 saturated heterocycles. The van der Waals surface area contributed by atoms with Crippen molar-refractivity contribution in [2.24, 2.45) is 4.99 Å². The smallest absolute Gasteiger partial charge is 0.272 e. The number of carbonyl (C=O) groups excluding carboxylic acids is 1. The van der Waals surface area contributed by atoms with E-state index in [9.17, 15) is 9.18 Å². The number of amidine groups is 1. The SMILES string of the molecule is COc1cc(C=CC2=NC(=O)C(c3ccc(F)cc3)NCCC[NH2+]2)ccc1-n1cnc(C)c1. The first-order valence-electron chi connectivity index (χ1n) is 10.8. The molecule has 8 heteroatoms. The molecular weight excluding hydrogens is 421 g/mol. The lowest BCUT2D eigenvalue weighted by Gasteiger charge is -2.14. The molecular formula is C25H27FN5O2+. The van der Waals surface area contributed by atoms with E-state index in [-0.39, 0.29) is 11.7 Å². The van der Waals surface area contributed by atoms with Crippen LogP contribution in [-0.2, 0) is 4.79 Å². The summed E-state index contributed by atoms with van der Waals surface area (Å²) in [5.41, 5.74) is 3.44. The summed E-state index contributed by atoms with van der Waals surface area (Å²) in [6.45, 7) is 3.40. The van der Waals surface area contributed by atoms with E-state index in [1.165, 1.54) is 12.1 Å². The van der Waals surface area contributed by atoms with Gasteiger partial charge in [0.1, 0.15) is 17.6 Å². The molecule has 1 aliphatic rings. The van der Waals surface area contributed by atoms with Crippen LogP contribution in [0.25, 0.3) is 11.8 Å². The maximum absolute atomic E-state index is 13.3. The Labute approximate surface area is 192 Å². The fourth-order valence-corrected chi connectivity index (χ4v) is 3.69. The monoisotopic (exact) mass is 448 g/mol. The fraction of sp³-hybridized carbons (Fsp3) is 0.240. The number of nitrogens with two attached hydrogens (primary N) is 1. The number of ether oxygens (including phenoxy) is 1. The van der Waals surface area contributed by atoms with Gasteiger partial charge >= 0.3 is 0 Å². The van der Waals surface area contributed by atoms with Crippen molar-refractivity contribution in [3.63, 3.8) is 0 Å². The molecule has 0 radical (unpaired) electrons. The molecule has 1 amide bonds. The van der Waals surface area contributed by atoms with Crippen molar-refractivity contribution in [1.29, 1.82) is 0 Å². The number of aryl methyl sites for hydroxylation is 1. The van der Waals surface area contributed by atoms with Crippen molar-refractivity contribution in [3.8, 4) is 11.4 Å². The van der Waals surface area contributed by atoms with Crippen LogP contribution >= 0.6 is 0 Å². The quantitative estimate of drug-likeness (QED) is 0.628. The third kappa shape index (κ3) is 5.60. The topological polar surface area (TPSA) is 85.1 Å². The molecule has 1 atom stereocenters. The average molecular weight is 449 g/mol. The second-order valence-corrected chi connectivity index (χ2v) is 7.85. The highest BCUT2D eigenvalue weighted by molar-refractivity contribution is 5.99. The van der Waals surface area contributed by atoms with Crippen molar-refractivity contribution < 1.29 is 19.2 Å². The van der Waals surface area contributed by atoms with Gasteiger partial charge in [0.2, 0.25) is 5.84 Å². The number of hydrogen-bond acceptors (Lipinski definition) is 4. The minimum absolute atomic E-state index is 0.303. The van der Waals surface area contributed by atoms with E-state index in [2.05, 4.69) is 15.3 Å². The van der Waals surface area contributed by atoms with E-state index in [0.29, 0.717) is 23.7 Å². The number of amides is 1. The number of halogens is 1. The Kier molecular flexibility index (Phi) is 7.07. The molecule has 1 aromatic heterocycles. The van der Waals surface area contributed by atoms with Gasteiger partial charge in [0.05, 0.1) is 31.4 Å². The van der Waals surface area contributed by atoms with Crippen LogP contribution in [0, 0.1) is 12.7 Å². The van der Waals surface area contributed by atoms with E-state index in [1.54, 1.807) is 25.6 Å². The van der Waals surface area contributed by atoms with Crippen LogP contribution in [0.4, 0.5) is 4.39 Å². The lowest BCUT2D eigenvalue weighted by molar-refractivity contribution is -0.538. The summed E-state index contributed by atoms with van der Waals surface area (Å²) in [6.07, 6.45) is 8.30. The van der Waals surface area contributed by atoms with Gasteiger partial charge in [0.15, 0.2) is 0 Å². The van der Waals surface area contributed by atoms with Crippen LogP contribution in [0.15, 0.2) is 66.1 Å². The molecule has 0 spiro atoms. The largest absolute Gasteiger partial charge is 0.495 e. The lowest BCUT2D eigenvalue weighted by Crippen LogP contribution is -2.87. The first-order valence-corrected chi connectivity index (χ1v) is 10.8. The van der Waals surface area contributed by atoms with Gasteiger partial charge in [-0.3, -0.25) is 10.1 Å². The number of rotatable bonds is 5. The summed E-state index contributed by atoms with van der Waals surface area (Å²) in [6, 6.07) is 11.2. The van der Waals surface area contributed by atoms with Crippen LogP contribution < -0.4 is 15.4 Å². The molecule has 1 aliphatic heterocycles. The van der Waals surface area contributed by atoms with E-state index in [1.807, 2.05) is 53.4 Å². The molecule has 0 aliphatic carbocycles. The van der Waals surface area contributed by atoms with Crippen LogP contribution in [-0.4, -0.2) is 41.5 Å². The second kappa shape index (κ2) is 10.3. The van der Waals surface area contributed by atoms with Crippen LogP contribution in [0.1, 0.15) is 29.3 Å². The first-order chi connectivity index (χ1) is 16.0. The van der Waals surface area contributed by atoms with Gasteiger partial charge in [-0.25, -0.2) is 9.37 Å². The summed E-state index contributed by atoms with van der Waals surface area (Å²) < 4.78 is 20.8. The van der Waals surface area contributed by atoms with Gasteiger partial charge in [0.25, 0.3) is 5.91 Å². The first kappa shape index (κ1) is 22.6. The molecule has 33 heavy (non-hydrogen) atoms. The molecule has 1 unspecified atom stereocenters. The number of carbonyl (C=O) groups is 1. The maximum Gasteiger partial charge on any atom is 0.272 e. The lowest BCUT2D eigenvalue weighted by atomic mass is 10.1. The number of nitrogens with zero attached hydrogens (tertiary/aromatic N) is 3. The molecule has 0 bridgehead atoms. The third-order valence-electron chi connectivity index (χ3n) is 5.41. The van der Waals surface area contributed by atoms with Crippen LogP contribution in [0.2, 0.25) is 0 Å². The van der Waals surface area contributed by atoms with Gasteiger partial charge < -0.3 is 14.6 Å². The van der Waals surface area contributed by atoms with Crippen LogP contribution in [0.3, 0.4) is 0 Å². The summed E-state index contributed by atoms with van der Waals surface area (Å²) in [4.78, 5) is 21.5. The number of benzene rings is 2. The molecule has 0 saturated carbocycles. The van der Waals surface area contributed by atoms with Crippen molar-refractivity contribution in [1.82, 2.24) is 14.9 Å². The Hall–Kier alpha value is -3.62. The molecule has 0 fully saturated rings. The van der Waals surface area contributed by atoms with Crippen molar-refractivity contribution in [2.45, 2.75) is 19.4 Å². The highest BCUT2D eigenvalue weighted by Gasteiger charge is 2.22. The summed E-state index contributed by atoms with van der Waals surface area (Å²) in [7, 11) is 1.63. The van der Waals surface area contributed by atoms with Gasteiger partial charge in [0, 0.05) is 25.2 Å². The number of hydrogen-bond donors (Lipinski definition) is 2. The Morgan fingerprint density at radius 3 is 2.76 bits per heavy atom. The predicted molar refractivity (Wildman–Crippen MR) is 125 cm³/mol. The minimum Gasteiger partial charge on any atom is -0.495 e. The van der Waals surface area contributed by atoms with E-state index < -0.39 is 6.04 Å². The standard InChI is InChI=1S/C25H26FN5O2/c1-17-15-31(16-29-17)21-10-4-18(14-22(21)33-2)5-11-23-27-12-3-13-28-24(25(32)30-23)19-6-8-20(26)9-7-19/h4-11,14-16,24,28H,3,12-13H2,1-2H3,(H,27,30,32)/p+1. The van der Waals surface area contributed by atoms with Gasteiger partial charge in [-0.05, 0) is 48.4 Å². The minimum atomic E-state index is -0.599. The molecule has 170 valence electrons. The predicted octanol–water partition coefficient (Wildman–Crippen LogP) is 2.56. The number of quaternary nitrogens is 1. The van der Waals surface area contributed by atoms with E-state index >= 15 is 0 Å². The van der Waals surface area contributed by atoms with Gasteiger partial charge in [-0.2, -0.15) is 4.99 Å². The fourth-order valence-electron chi connectivity index (χ4n) is 3.69. The van der Waals surface area contributed by atoms with E-state index in [0.717, 1.165) is 29.9 Å². The average Bonchev–Trinajstić information content (AvgIpc) is 3.28. The maximum atomic E-state index is 13.3. The normalized spacial score (nSPS) is 17.4. The number of nitrogens with one attached hydrogen (secondary N) is 1. The van der Waals surface area contributed by atoms with Crippen molar-refractivity contribution in [2.75, 3.05) is 20.2 Å². The number of imidazole rings is 1. The molecule has 7 nitrogen and oxygen atoms in total. The number of aliphatic imine (C=N–C) groups is 1. The Morgan fingerprint density at radius 1 is 1.21 bits per heavy atom. The Morgan fingerprint density at radius 2 is 2.03 bits per heavy atom. The van der Waals surface area contributed by atoms with Gasteiger partial charge in [-0.15, -0.1) is 0 Å². The molecule has 4 rings (SSSR count). The number of aromatic nitrogens is 2. The Bertz CT molecular complexity index is 1180. The summed E-state index contributed by atoms with van der Waals surface area (Å²) >= 11 is 0. The van der Waals surface area contributed by atoms with E-state index in [4.69, 9.17) is 4.74 Å². The highest BCUT2D eigenvalue weighted by Crippen LogP contribution is 2.25. The molecule has 3 aromatic rings. The summed E-state index contributed by atoms with van der Waals surface area (Å²) in [5, 5.41) is 5.19. The van der Waals surface area contributed by atoms with Gasteiger partial charge in [-0.1, -0.05) is 18.2 Å². The van der Waals surface area contributed by atoms with Crippen LogP contribution in [0.5, 0.6) is 5.75 Å². The zero-order valence-electron chi connectivity index (χ0n) is 18.7. The zero-order valence-corrected chi connectivity index (χ0v) is 18.7. The summed E-state index contributed by atoms with van der Waals surface area (Å²) in [5.74, 6) is 0.679. The van der Waals surface area contributed by atoms with Crippen molar-refractivity contribution in [3.05, 3.63) is 83.7 Å². The number of methoxy groups -OCH3 is 1. The van der Waals surface area contributed by atoms with Crippen molar-refractivity contribution >= 4 is 17.8 Å². The molecule has 2 heterocycles.